The van der Waals surface area contributed by atoms with Crippen molar-refractivity contribution in [2.45, 2.75) is 11.0 Å². The molecule has 20 heavy (non-hydrogen) atoms. The highest BCUT2D eigenvalue weighted by Gasteiger charge is 2.09. The van der Waals surface area contributed by atoms with Crippen LogP contribution < -0.4 is 4.74 Å². The summed E-state index contributed by atoms with van der Waals surface area (Å²) in [6.45, 7) is 0.734. The van der Waals surface area contributed by atoms with E-state index in [1.165, 1.54) is 5.56 Å². The zero-order chi connectivity index (χ0) is 13.9. The maximum Gasteiger partial charge on any atom is 0.163 e. The van der Waals surface area contributed by atoms with Crippen LogP contribution in [0.1, 0.15) is 11.3 Å². The second-order valence-electron chi connectivity index (χ2n) is 4.35. The second-order valence-corrected chi connectivity index (χ2v) is 5.11. The largest absolute Gasteiger partial charge is 0.497 e. The number of rotatable bonds is 4. The molecule has 0 amide bonds. The topological polar surface area (TPSA) is 52.8 Å². The lowest BCUT2D eigenvalue weighted by Crippen LogP contribution is -2.00. The molecule has 0 unspecified atom stereocenters. The third kappa shape index (κ3) is 2.47. The van der Waals surface area contributed by atoms with Crippen LogP contribution in [0.3, 0.4) is 0 Å². The molecule has 3 aromatic rings. The molecule has 6 heteroatoms. The third-order valence-electron chi connectivity index (χ3n) is 3.12. The highest BCUT2D eigenvalue weighted by atomic mass is 127. The van der Waals surface area contributed by atoms with Crippen molar-refractivity contribution in [2.75, 3.05) is 7.11 Å². The Kier molecular flexibility index (Phi) is 3.81. The molecular formula is C14H13IN4O. The first-order valence-electron chi connectivity index (χ1n) is 6.15. The van der Waals surface area contributed by atoms with Gasteiger partial charge in [0.1, 0.15) is 17.6 Å². The van der Waals surface area contributed by atoms with E-state index in [0.29, 0.717) is 0 Å². The van der Waals surface area contributed by atoms with Gasteiger partial charge in [-0.05, 0) is 17.7 Å². The van der Waals surface area contributed by atoms with Crippen molar-refractivity contribution >= 4 is 33.8 Å². The van der Waals surface area contributed by atoms with Crippen LogP contribution in [0.5, 0.6) is 5.75 Å². The Bertz CT molecular complexity index is 724. The minimum atomic E-state index is 0.734. The van der Waals surface area contributed by atoms with Gasteiger partial charge in [0.25, 0.3) is 0 Å². The van der Waals surface area contributed by atoms with Gasteiger partial charge < -0.3 is 9.30 Å². The summed E-state index contributed by atoms with van der Waals surface area (Å²) in [5.74, 6) is 0.860. The number of alkyl halides is 1. The second kappa shape index (κ2) is 5.74. The highest BCUT2D eigenvalue weighted by molar-refractivity contribution is 14.1. The number of fused-ring (bicyclic) bond motifs is 1. The van der Waals surface area contributed by atoms with Gasteiger partial charge in [-0.25, -0.2) is 15.0 Å². The molecule has 0 saturated carbocycles. The van der Waals surface area contributed by atoms with Gasteiger partial charge in [-0.15, -0.1) is 0 Å². The van der Waals surface area contributed by atoms with E-state index in [-0.39, 0.29) is 0 Å². The lowest BCUT2D eigenvalue weighted by molar-refractivity contribution is 0.414. The lowest BCUT2D eigenvalue weighted by atomic mass is 10.2. The lowest BCUT2D eigenvalue weighted by Gasteiger charge is -2.05. The summed E-state index contributed by atoms with van der Waals surface area (Å²) in [6.07, 6.45) is 3.42. The van der Waals surface area contributed by atoms with Gasteiger partial charge in [0.2, 0.25) is 0 Å². The first-order valence-corrected chi connectivity index (χ1v) is 7.68. The van der Waals surface area contributed by atoms with Crippen LogP contribution in [-0.2, 0) is 11.0 Å². The van der Waals surface area contributed by atoms with E-state index in [1.807, 2.05) is 35.2 Å². The first-order chi connectivity index (χ1) is 9.81. The molecule has 0 radical (unpaired) electrons. The molecule has 2 aromatic heterocycles. The molecule has 0 saturated heterocycles. The van der Waals surface area contributed by atoms with Gasteiger partial charge in [-0.2, -0.15) is 0 Å². The summed E-state index contributed by atoms with van der Waals surface area (Å²) in [4.78, 5) is 13.0. The summed E-state index contributed by atoms with van der Waals surface area (Å²) in [5, 5.41) is 0. The number of imidazole rings is 1. The van der Waals surface area contributed by atoms with Crippen molar-refractivity contribution in [1.82, 2.24) is 19.5 Å². The first kappa shape index (κ1) is 13.3. The number of nitrogens with zero attached hydrogens (tertiary/aromatic N) is 4. The van der Waals surface area contributed by atoms with E-state index < -0.39 is 0 Å². The molecule has 0 aliphatic heterocycles. The van der Waals surface area contributed by atoms with Crippen LogP contribution in [-0.4, -0.2) is 26.6 Å². The van der Waals surface area contributed by atoms with Crippen LogP contribution in [0.2, 0.25) is 0 Å². The molecule has 0 aliphatic rings. The number of aromatic nitrogens is 4. The predicted molar refractivity (Wildman–Crippen MR) is 85.1 cm³/mol. The van der Waals surface area contributed by atoms with Crippen molar-refractivity contribution in [3.05, 3.63) is 48.2 Å². The van der Waals surface area contributed by atoms with Gasteiger partial charge in [0, 0.05) is 4.43 Å². The monoisotopic (exact) mass is 380 g/mol. The molecule has 1 aromatic carbocycles. The van der Waals surface area contributed by atoms with Gasteiger partial charge in [0.05, 0.1) is 25.7 Å². The van der Waals surface area contributed by atoms with E-state index in [9.17, 15) is 0 Å². The fraction of sp³-hybridized carbons (Fsp3) is 0.214. The van der Waals surface area contributed by atoms with Crippen LogP contribution in [0, 0.1) is 0 Å². The average Bonchev–Trinajstić information content (AvgIpc) is 2.91. The van der Waals surface area contributed by atoms with E-state index >= 15 is 0 Å². The number of ether oxygens (including phenoxy) is 1. The summed E-state index contributed by atoms with van der Waals surface area (Å²) < 4.78 is 8.03. The molecule has 0 spiro atoms. The van der Waals surface area contributed by atoms with Crippen LogP contribution >= 0.6 is 22.6 Å². The van der Waals surface area contributed by atoms with E-state index in [0.717, 1.165) is 33.6 Å². The third-order valence-corrected chi connectivity index (χ3v) is 3.84. The standard InChI is InChI=1S/C14H13IN4O/c1-20-11-4-2-10(3-5-11)7-19-9-18-13-12(6-15)16-8-17-14(13)19/h2-5,8-9H,6-7H2,1H3. The summed E-state index contributed by atoms with van der Waals surface area (Å²) >= 11 is 2.29. The van der Waals surface area contributed by atoms with Crippen molar-refractivity contribution in [2.24, 2.45) is 0 Å². The molecule has 0 N–H and O–H groups in total. The molecule has 0 aliphatic carbocycles. The summed E-state index contributed by atoms with van der Waals surface area (Å²) in [6, 6.07) is 8.01. The van der Waals surface area contributed by atoms with Crippen LogP contribution in [0.4, 0.5) is 0 Å². The summed E-state index contributed by atoms with van der Waals surface area (Å²) in [5.41, 5.74) is 3.92. The van der Waals surface area contributed by atoms with Crippen molar-refractivity contribution < 1.29 is 4.74 Å². The minimum Gasteiger partial charge on any atom is -0.497 e. The fourth-order valence-corrected chi connectivity index (χ4v) is 2.63. The van der Waals surface area contributed by atoms with Gasteiger partial charge in [-0.3, -0.25) is 0 Å². The van der Waals surface area contributed by atoms with Crippen molar-refractivity contribution in [1.29, 1.82) is 0 Å². The molecule has 102 valence electrons. The number of hydrogen-bond donors (Lipinski definition) is 0. The normalized spacial score (nSPS) is 10.9. The number of hydrogen-bond acceptors (Lipinski definition) is 4. The Hall–Kier alpha value is -1.70. The molecule has 0 fully saturated rings. The smallest absolute Gasteiger partial charge is 0.163 e. The minimum absolute atomic E-state index is 0.734. The zero-order valence-electron chi connectivity index (χ0n) is 11.0. The maximum absolute atomic E-state index is 5.16. The molecule has 0 atom stereocenters. The molecular weight excluding hydrogens is 367 g/mol. The van der Waals surface area contributed by atoms with Gasteiger partial charge in [0.15, 0.2) is 5.65 Å². The Balaban J connectivity index is 1.94. The number of methoxy groups -OCH3 is 1. The van der Waals surface area contributed by atoms with E-state index in [4.69, 9.17) is 4.74 Å². The Morgan fingerprint density at radius 1 is 1.15 bits per heavy atom. The van der Waals surface area contributed by atoms with Crippen molar-refractivity contribution in [3.8, 4) is 5.75 Å². The fourth-order valence-electron chi connectivity index (χ4n) is 2.07. The maximum atomic E-state index is 5.16. The quantitative estimate of drug-likeness (QED) is 0.516. The van der Waals surface area contributed by atoms with Gasteiger partial charge in [-0.1, -0.05) is 34.7 Å². The van der Waals surface area contributed by atoms with E-state index in [1.54, 1.807) is 13.4 Å². The molecule has 5 nitrogen and oxygen atoms in total. The van der Waals surface area contributed by atoms with Crippen LogP contribution in [0.15, 0.2) is 36.9 Å². The Morgan fingerprint density at radius 3 is 2.65 bits per heavy atom. The molecule has 0 bridgehead atoms. The zero-order valence-corrected chi connectivity index (χ0v) is 13.1. The predicted octanol–water partition coefficient (Wildman–Crippen LogP) is 2.82. The molecule has 3 rings (SSSR count). The summed E-state index contributed by atoms with van der Waals surface area (Å²) in [7, 11) is 1.67. The van der Waals surface area contributed by atoms with Crippen LogP contribution in [0.25, 0.3) is 11.2 Å². The van der Waals surface area contributed by atoms with Gasteiger partial charge >= 0.3 is 0 Å². The SMILES string of the molecule is COc1ccc(Cn2cnc3c(CI)ncnc32)cc1. The molecule has 2 heterocycles. The highest BCUT2D eigenvalue weighted by Crippen LogP contribution is 2.18. The van der Waals surface area contributed by atoms with Crippen molar-refractivity contribution in [3.63, 3.8) is 0 Å². The van der Waals surface area contributed by atoms with E-state index in [2.05, 4.69) is 37.5 Å². The Morgan fingerprint density at radius 2 is 1.95 bits per heavy atom. The number of halogens is 1. The Labute approximate surface area is 130 Å². The number of benzene rings is 1. The average molecular weight is 380 g/mol.